The number of nitrogens with zero attached hydrogens (tertiary/aromatic N) is 2. The molecule has 2 aliphatic rings. The first-order chi connectivity index (χ1) is 10.3. The lowest BCUT2D eigenvalue weighted by molar-refractivity contribution is -0.136. The summed E-state index contributed by atoms with van der Waals surface area (Å²) in [5, 5.41) is 3.28. The van der Waals surface area contributed by atoms with E-state index in [1.165, 1.54) is 5.56 Å². The lowest BCUT2D eigenvalue weighted by atomic mass is 10.1. The van der Waals surface area contributed by atoms with E-state index >= 15 is 0 Å². The van der Waals surface area contributed by atoms with Gasteiger partial charge >= 0.3 is 0 Å². The fraction of sp³-hybridized carbons (Fsp3) is 0.588. The van der Waals surface area contributed by atoms with Gasteiger partial charge in [0.2, 0.25) is 5.91 Å². The molecule has 1 N–H and O–H groups in total. The summed E-state index contributed by atoms with van der Waals surface area (Å²) in [4.78, 5) is 16.9. The Kier molecular flexibility index (Phi) is 8.92. The zero-order chi connectivity index (χ0) is 14.5. The van der Waals surface area contributed by atoms with Crippen molar-refractivity contribution in [1.29, 1.82) is 0 Å². The number of piperazine rings is 1. The molecule has 3 rings (SSSR count). The van der Waals surface area contributed by atoms with Crippen molar-refractivity contribution in [1.82, 2.24) is 15.1 Å². The topological polar surface area (TPSA) is 35.6 Å². The van der Waals surface area contributed by atoms with Crippen molar-refractivity contribution in [3.05, 3.63) is 35.9 Å². The van der Waals surface area contributed by atoms with Gasteiger partial charge in [0.25, 0.3) is 0 Å². The maximum Gasteiger partial charge on any atom is 0.227 e. The summed E-state index contributed by atoms with van der Waals surface area (Å²) in [6.07, 6.45) is 2.11. The Hall–Kier alpha value is -0.810. The van der Waals surface area contributed by atoms with Crippen molar-refractivity contribution in [2.24, 2.45) is 5.92 Å². The third kappa shape index (κ3) is 5.64. The van der Waals surface area contributed by atoms with Crippen LogP contribution in [0.15, 0.2) is 30.3 Å². The van der Waals surface area contributed by atoms with Crippen LogP contribution < -0.4 is 5.32 Å². The highest BCUT2D eigenvalue weighted by atomic mass is 35.5. The van der Waals surface area contributed by atoms with Crippen molar-refractivity contribution in [2.45, 2.75) is 12.8 Å². The number of nitrogens with one attached hydrogen (secondary N) is 1. The maximum absolute atomic E-state index is 12.4. The minimum Gasteiger partial charge on any atom is -0.340 e. The molecule has 1 aromatic carbocycles. The van der Waals surface area contributed by atoms with Crippen molar-refractivity contribution < 1.29 is 4.79 Å². The molecule has 6 heteroatoms. The molecule has 0 bridgehead atoms. The third-order valence-corrected chi connectivity index (χ3v) is 4.65. The summed E-state index contributed by atoms with van der Waals surface area (Å²) >= 11 is 0. The normalized spacial score (nSPS) is 21.4. The van der Waals surface area contributed by atoms with Crippen LogP contribution in [0.25, 0.3) is 0 Å². The van der Waals surface area contributed by atoms with E-state index in [-0.39, 0.29) is 30.7 Å². The Labute approximate surface area is 151 Å². The molecule has 0 aliphatic carbocycles. The highest BCUT2D eigenvalue weighted by molar-refractivity contribution is 5.85. The van der Waals surface area contributed by atoms with E-state index in [4.69, 9.17) is 0 Å². The van der Waals surface area contributed by atoms with Crippen LogP contribution in [-0.4, -0.2) is 61.5 Å². The number of carbonyl (C=O) groups is 1. The molecular formula is C17H27Cl2N3O. The first-order valence-electron chi connectivity index (χ1n) is 8.09. The third-order valence-electron chi connectivity index (χ3n) is 4.65. The number of rotatable bonds is 4. The van der Waals surface area contributed by atoms with Crippen LogP contribution in [0.3, 0.4) is 0 Å². The lowest BCUT2D eigenvalue weighted by Crippen LogP contribution is -2.50. The fourth-order valence-corrected chi connectivity index (χ4v) is 3.25. The van der Waals surface area contributed by atoms with E-state index in [0.717, 1.165) is 58.7 Å². The molecular weight excluding hydrogens is 333 g/mol. The first-order valence-corrected chi connectivity index (χ1v) is 8.09. The van der Waals surface area contributed by atoms with Crippen LogP contribution in [0, 0.1) is 5.92 Å². The first kappa shape index (κ1) is 20.2. The minimum atomic E-state index is 0. The molecule has 130 valence electrons. The monoisotopic (exact) mass is 359 g/mol. The number of amides is 1. The summed E-state index contributed by atoms with van der Waals surface area (Å²) in [5.41, 5.74) is 1.40. The van der Waals surface area contributed by atoms with Gasteiger partial charge in [-0.2, -0.15) is 0 Å². The largest absolute Gasteiger partial charge is 0.340 e. The van der Waals surface area contributed by atoms with Crippen molar-refractivity contribution in [3.8, 4) is 0 Å². The predicted molar refractivity (Wildman–Crippen MR) is 98.6 cm³/mol. The minimum absolute atomic E-state index is 0. The van der Waals surface area contributed by atoms with Gasteiger partial charge in [-0.1, -0.05) is 30.3 Å². The van der Waals surface area contributed by atoms with E-state index in [1.807, 2.05) is 0 Å². The molecule has 1 amide bonds. The second kappa shape index (κ2) is 10.1. The van der Waals surface area contributed by atoms with Gasteiger partial charge in [0.1, 0.15) is 0 Å². The molecule has 1 atom stereocenters. The standard InChI is InChI=1S/C17H25N3O.2ClH/c21-17(16-6-8-18-14-16)20-12-10-19(11-13-20)9-7-15-4-2-1-3-5-15;;/h1-5,16,18H,6-14H2;2*1H. The zero-order valence-electron chi connectivity index (χ0n) is 13.4. The van der Waals surface area contributed by atoms with Crippen LogP contribution in [0.5, 0.6) is 0 Å². The van der Waals surface area contributed by atoms with Crippen LogP contribution in [0.4, 0.5) is 0 Å². The van der Waals surface area contributed by atoms with E-state index in [9.17, 15) is 4.79 Å². The van der Waals surface area contributed by atoms with E-state index in [2.05, 4.69) is 45.4 Å². The summed E-state index contributed by atoms with van der Waals surface area (Å²) in [6, 6.07) is 10.6. The van der Waals surface area contributed by atoms with E-state index in [0.29, 0.717) is 5.91 Å². The van der Waals surface area contributed by atoms with E-state index < -0.39 is 0 Å². The number of benzene rings is 1. The Morgan fingerprint density at radius 2 is 1.78 bits per heavy atom. The van der Waals surface area contributed by atoms with Gasteiger partial charge in [0, 0.05) is 39.3 Å². The molecule has 1 unspecified atom stereocenters. The van der Waals surface area contributed by atoms with Gasteiger partial charge in [0.15, 0.2) is 0 Å². The van der Waals surface area contributed by atoms with Gasteiger partial charge in [-0.05, 0) is 24.9 Å². The molecule has 0 spiro atoms. The molecule has 0 radical (unpaired) electrons. The van der Waals surface area contributed by atoms with Gasteiger partial charge in [-0.3, -0.25) is 9.69 Å². The van der Waals surface area contributed by atoms with Crippen LogP contribution in [-0.2, 0) is 11.2 Å². The number of hydrogen-bond acceptors (Lipinski definition) is 3. The number of halogens is 2. The second-order valence-electron chi connectivity index (χ2n) is 6.09. The molecule has 2 saturated heterocycles. The zero-order valence-corrected chi connectivity index (χ0v) is 15.1. The average Bonchev–Trinajstić information content (AvgIpc) is 3.08. The average molecular weight is 360 g/mol. The predicted octanol–water partition coefficient (Wildman–Crippen LogP) is 1.83. The van der Waals surface area contributed by atoms with Crippen molar-refractivity contribution in [3.63, 3.8) is 0 Å². The van der Waals surface area contributed by atoms with Crippen molar-refractivity contribution >= 4 is 30.7 Å². The summed E-state index contributed by atoms with van der Waals surface area (Å²) in [5.74, 6) is 0.587. The molecule has 0 aromatic heterocycles. The van der Waals surface area contributed by atoms with Crippen molar-refractivity contribution in [2.75, 3.05) is 45.8 Å². The number of carbonyl (C=O) groups excluding carboxylic acids is 1. The van der Waals surface area contributed by atoms with E-state index in [1.54, 1.807) is 0 Å². The van der Waals surface area contributed by atoms with Gasteiger partial charge in [-0.25, -0.2) is 0 Å². The van der Waals surface area contributed by atoms with Gasteiger partial charge in [-0.15, -0.1) is 24.8 Å². The summed E-state index contributed by atoms with van der Waals surface area (Å²) in [6.45, 7) is 6.77. The SMILES string of the molecule is Cl.Cl.O=C(C1CCNC1)N1CCN(CCc2ccccc2)CC1. The van der Waals surface area contributed by atoms with Crippen LogP contribution in [0.2, 0.25) is 0 Å². The molecule has 0 saturated carbocycles. The van der Waals surface area contributed by atoms with Gasteiger partial charge in [0.05, 0.1) is 5.92 Å². The second-order valence-corrected chi connectivity index (χ2v) is 6.09. The van der Waals surface area contributed by atoms with Crippen LogP contribution in [0.1, 0.15) is 12.0 Å². The molecule has 23 heavy (non-hydrogen) atoms. The fourth-order valence-electron chi connectivity index (χ4n) is 3.25. The molecule has 4 nitrogen and oxygen atoms in total. The molecule has 2 aliphatic heterocycles. The smallest absolute Gasteiger partial charge is 0.227 e. The van der Waals surface area contributed by atoms with Crippen LogP contribution >= 0.6 is 24.8 Å². The lowest BCUT2D eigenvalue weighted by Gasteiger charge is -2.35. The highest BCUT2D eigenvalue weighted by Crippen LogP contribution is 2.14. The summed E-state index contributed by atoms with van der Waals surface area (Å²) < 4.78 is 0. The summed E-state index contributed by atoms with van der Waals surface area (Å²) in [7, 11) is 0. The Morgan fingerprint density at radius 3 is 2.39 bits per heavy atom. The highest BCUT2D eigenvalue weighted by Gasteiger charge is 2.29. The maximum atomic E-state index is 12.4. The Balaban J connectivity index is 0.00000132. The molecule has 2 fully saturated rings. The van der Waals surface area contributed by atoms with Gasteiger partial charge < -0.3 is 10.2 Å². The molecule has 2 heterocycles. The Bertz CT molecular complexity index is 458. The Morgan fingerprint density at radius 1 is 1.09 bits per heavy atom. The molecule has 1 aromatic rings. The number of hydrogen-bond donors (Lipinski definition) is 1. The quantitative estimate of drug-likeness (QED) is 0.890.